The van der Waals surface area contributed by atoms with Gasteiger partial charge in [0.05, 0.1) is 13.2 Å². The fourth-order valence-corrected chi connectivity index (χ4v) is 3.45. The molecule has 21 heavy (non-hydrogen) atoms. The van der Waals surface area contributed by atoms with E-state index in [1.807, 2.05) is 0 Å². The number of likely N-dealkylation sites (N-methyl/N-ethyl adjacent to an activating group) is 2. The van der Waals surface area contributed by atoms with E-state index < -0.39 is 0 Å². The molecule has 0 spiro atoms. The first kappa shape index (κ1) is 18.0. The highest BCUT2D eigenvalue weighted by molar-refractivity contribution is 5.43. The van der Waals surface area contributed by atoms with Crippen LogP contribution in [0.3, 0.4) is 0 Å². The molecular formula is C18H32N2O. The van der Waals surface area contributed by atoms with E-state index in [-0.39, 0.29) is 11.6 Å². The highest BCUT2D eigenvalue weighted by Crippen LogP contribution is 2.35. The number of hydrogen-bond donors (Lipinski definition) is 1. The summed E-state index contributed by atoms with van der Waals surface area (Å²) in [6, 6.07) is 4.69. The van der Waals surface area contributed by atoms with Gasteiger partial charge < -0.3 is 10.1 Å². The molecule has 0 aliphatic heterocycles. The van der Waals surface area contributed by atoms with Gasteiger partial charge in [0.25, 0.3) is 0 Å². The third-order valence-electron chi connectivity index (χ3n) is 4.67. The Labute approximate surface area is 130 Å². The van der Waals surface area contributed by atoms with E-state index in [2.05, 4.69) is 70.9 Å². The Kier molecular flexibility index (Phi) is 6.24. The number of hydrogen-bond acceptors (Lipinski definition) is 3. The van der Waals surface area contributed by atoms with Gasteiger partial charge in [0.15, 0.2) is 0 Å². The van der Waals surface area contributed by atoms with E-state index in [9.17, 15) is 0 Å². The van der Waals surface area contributed by atoms with Crippen molar-refractivity contribution in [2.75, 3.05) is 27.2 Å². The van der Waals surface area contributed by atoms with Crippen LogP contribution < -0.4 is 10.1 Å². The van der Waals surface area contributed by atoms with Gasteiger partial charge in [0.2, 0.25) is 0 Å². The number of aryl methyl sites for hydroxylation is 2. The zero-order chi connectivity index (χ0) is 16.2. The molecule has 1 N–H and O–H groups in total. The second-order valence-electron chi connectivity index (χ2n) is 6.23. The van der Waals surface area contributed by atoms with Crippen molar-refractivity contribution in [2.45, 2.75) is 53.1 Å². The zero-order valence-electron chi connectivity index (χ0n) is 15.0. The van der Waals surface area contributed by atoms with Crippen molar-refractivity contribution < 1.29 is 4.74 Å². The third-order valence-corrected chi connectivity index (χ3v) is 4.67. The minimum Gasteiger partial charge on any atom is -0.496 e. The van der Waals surface area contributed by atoms with Gasteiger partial charge in [-0.1, -0.05) is 19.9 Å². The molecule has 0 aromatic heterocycles. The summed E-state index contributed by atoms with van der Waals surface area (Å²) < 4.78 is 5.44. The molecule has 1 rings (SSSR count). The summed E-state index contributed by atoms with van der Waals surface area (Å²) in [5.41, 5.74) is 3.86. The lowest BCUT2D eigenvalue weighted by Gasteiger charge is -2.44. The maximum atomic E-state index is 5.44. The fraction of sp³-hybridized carbons (Fsp3) is 0.667. The maximum absolute atomic E-state index is 5.44. The molecule has 3 heteroatoms. The number of methoxy groups -OCH3 is 1. The molecule has 0 heterocycles. The molecule has 1 aromatic rings. The second-order valence-corrected chi connectivity index (χ2v) is 6.23. The van der Waals surface area contributed by atoms with E-state index in [1.54, 1.807) is 7.11 Å². The Balaban J connectivity index is 3.30. The molecule has 1 unspecified atom stereocenters. The molecule has 0 saturated heterocycles. The summed E-state index contributed by atoms with van der Waals surface area (Å²) in [4.78, 5) is 2.51. The van der Waals surface area contributed by atoms with Crippen molar-refractivity contribution >= 4 is 0 Å². The van der Waals surface area contributed by atoms with Gasteiger partial charge in [-0.2, -0.15) is 0 Å². The standard InChI is InChI=1S/C18H32N2O/c1-9-20(10-2)18(5,6)17(19-7)15-11-14(4)16(21-8)12-13(15)3/h11-12,17,19H,9-10H2,1-8H3. The number of nitrogens with zero attached hydrogens (tertiary/aromatic N) is 1. The lowest BCUT2D eigenvalue weighted by atomic mass is 9.84. The monoisotopic (exact) mass is 292 g/mol. The van der Waals surface area contributed by atoms with Crippen LogP contribution in [0.2, 0.25) is 0 Å². The first-order chi connectivity index (χ1) is 9.83. The fourth-order valence-electron chi connectivity index (χ4n) is 3.45. The topological polar surface area (TPSA) is 24.5 Å². The summed E-state index contributed by atoms with van der Waals surface area (Å²) >= 11 is 0. The van der Waals surface area contributed by atoms with Crippen LogP contribution in [0.5, 0.6) is 5.75 Å². The van der Waals surface area contributed by atoms with Gasteiger partial charge in [-0.15, -0.1) is 0 Å². The van der Waals surface area contributed by atoms with Crippen LogP contribution in [0, 0.1) is 13.8 Å². The summed E-state index contributed by atoms with van der Waals surface area (Å²) in [5.74, 6) is 0.965. The maximum Gasteiger partial charge on any atom is 0.122 e. The van der Waals surface area contributed by atoms with E-state index >= 15 is 0 Å². The van der Waals surface area contributed by atoms with Crippen LogP contribution >= 0.6 is 0 Å². The molecule has 1 atom stereocenters. The normalized spacial score (nSPS) is 13.6. The molecule has 0 bridgehead atoms. The van der Waals surface area contributed by atoms with Crippen molar-refractivity contribution in [3.63, 3.8) is 0 Å². The van der Waals surface area contributed by atoms with E-state index in [0.717, 1.165) is 18.8 Å². The van der Waals surface area contributed by atoms with Crippen molar-refractivity contribution in [2.24, 2.45) is 0 Å². The Hall–Kier alpha value is -1.06. The second kappa shape index (κ2) is 7.28. The molecule has 0 saturated carbocycles. The van der Waals surface area contributed by atoms with Gasteiger partial charge in [-0.05, 0) is 70.6 Å². The quantitative estimate of drug-likeness (QED) is 0.829. The molecule has 0 amide bonds. The number of nitrogens with one attached hydrogen (secondary N) is 1. The summed E-state index contributed by atoms with van der Waals surface area (Å²) in [5, 5.41) is 3.53. The molecule has 0 aliphatic carbocycles. The lowest BCUT2D eigenvalue weighted by molar-refractivity contribution is 0.0941. The number of rotatable bonds is 7. The third kappa shape index (κ3) is 3.58. The Morgan fingerprint density at radius 3 is 2.14 bits per heavy atom. The van der Waals surface area contributed by atoms with Crippen molar-refractivity contribution in [3.8, 4) is 5.75 Å². The lowest BCUT2D eigenvalue weighted by Crippen LogP contribution is -2.52. The van der Waals surface area contributed by atoms with Crippen molar-refractivity contribution in [1.29, 1.82) is 0 Å². The van der Waals surface area contributed by atoms with Crippen LogP contribution in [0.15, 0.2) is 12.1 Å². The summed E-state index contributed by atoms with van der Waals surface area (Å²) in [7, 11) is 3.78. The predicted molar refractivity (Wildman–Crippen MR) is 91.3 cm³/mol. The summed E-state index contributed by atoms with van der Waals surface area (Å²) in [6.45, 7) is 15.5. The molecule has 120 valence electrons. The van der Waals surface area contributed by atoms with Crippen LogP contribution in [0.25, 0.3) is 0 Å². The minimum atomic E-state index is 0.0457. The largest absolute Gasteiger partial charge is 0.496 e. The molecular weight excluding hydrogens is 260 g/mol. The average molecular weight is 292 g/mol. The van der Waals surface area contributed by atoms with Crippen LogP contribution in [0.4, 0.5) is 0 Å². The van der Waals surface area contributed by atoms with Crippen molar-refractivity contribution in [1.82, 2.24) is 10.2 Å². The highest BCUT2D eigenvalue weighted by atomic mass is 16.5. The molecule has 0 aliphatic rings. The van der Waals surface area contributed by atoms with Crippen LogP contribution in [-0.2, 0) is 0 Å². The first-order valence-electron chi connectivity index (χ1n) is 7.90. The Morgan fingerprint density at radius 1 is 1.14 bits per heavy atom. The van der Waals surface area contributed by atoms with E-state index in [0.29, 0.717) is 0 Å². The van der Waals surface area contributed by atoms with Gasteiger partial charge in [0.1, 0.15) is 5.75 Å². The predicted octanol–water partition coefficient (Wildman–Crippen LogP) is 3.69. The van der Waals surface area contributed by atoms with Gasteiger partial charge in [0, 0.05) is 5.54 Å². The average Bonchev–Trinajstić information content (AvgIpc) is 2.43. The van der Waals surface area contributed by atoms with E-state index in [1.165, 1.54) is 16.7 Å². The molecule has 0 radical (unpaired) electrons. The molecule has 1 aromatic carbocycles. The molecule has 3 nitrogen and oxygen atoms in total. The smallest absolute Gasteiger partial charge is 0.122 e. The number of ether oxygens (including phenoxy) is 1. The molecule has 0 fully saturated rings. The number of benzene rings is 1. The van der Waals surface area contributed by atoms with Crippen LogP contribution in [-0.4, -0.2) is 37.7 Å². The van der Waals surface area contributed by atoms with Gasteiger partial charge in [-0.25, -0.2) is 0 Å². The SMILES string of the molecule is CCN(CC)C(C)(C)C(NC)c1cc(C)c(OC)cc1C. The summed E-state index contributed by atoms with van der Waals surface area (Å²) in [6.07, 6.45) is 0. The van der Waals surface area contributed by atoms with Crippen molar-refractivity contribution in [3.05, 3.63) is 28.8 Å². The Bertz CT molecular complexity index is 465. The van der Waals surface area contributed by atoms with Gasteiger partial charge in [-0.3, -0.25) is 4.90 Å². The zero-order valence-corrected chi connectivity index (χ0v) is 15.0. The minimum absolute atomic E-state index is 0.0457. The Morgan fingerprint density at radius 2 is 1.71 bits per heavy atom. The van der Waals surface area contributed by atoms with Gasteiger partial charge >= 0.3 is 0 Å². The highest BCUT2D eigenvalue weighted by Gasteiger charge is 2.35. The van der Waals surface area contributed by atoms with E-state index in [4.69, 9.17) is 4.74 Å². The first-order valence-corrected chi connectivity index (χ1v) is 7.90. The van der Waals surface area contributed by atoms with Crippen LogP contribution in [0.1, 0.15) is 50.4 Å².